The number of thioether (sulfide) groups is 2. The summed E-state index contributed by atoms with van der Waals surface area (Å²) >= 11 is 3.36. The van der Waals surface area contributed by atoms with Gasteiger partial charge in [0.15, 0.2) is 9.84 Å². The first-order chi connectivity index (χ1) is 9.02. The van der Waals surface area contributed by atoms with Crippen molar-refractivity contribution in [3.63, 3.8) is 0 Å². The first kappa shape index (κ1) is 13.5. The van der Waals surface area contributed by atoms with Crippen LogP contribution in [-0.4, -0.2) is 35.6 Å². The van der Waals surface area contributed by atoms with Gasteiger partial charge < -0.3 is 0 Å². The molecule has 1 fully saturated rings. The highest BCUT2D eigenvalue weighted by atomic mass is 32.2. The van der Waals surface area contributed by atoms with Gasteiger partial charge in [0.25, 0.3) is 0 Å². The molecule has 1 aromatic rings. The van der Waals surface area contributed by atoms with Crippen LogP contribution in [-0.2, 0) is 15.6 Å². The van der Waals surface area contributed by atoms with E-state index in [-0.39, 0.29) is 17.0 Å². The minimum Gasteiger partial charge on any atom is -0.266 e. The van der Waals surface area contributed by atoms with Gasteiger partial charge in [-0.1, -0.05) is 53.4 Å². The first-order valence-corrected chi connectivity index (χ1v) is 9.84. The maximum atomic E-state index is 11.5. The molecule has 6 heteroatoms. The summed E-state index contributed by atoms with van der Waals surface area (Å²) < 4.78 is 24.0. The molecule has 2 aliphatic heterocycles. The fourth-order valence-electron chi connectivity index (χ4n) is 2.23. The summed E-state index contributed by atoms with van der Waals surface area (Å²) in [6, 6.07) is 8.49. The Hall–Kier alpha value is -0.460. The van der Waals surface area contributed by atoms with E-state index < -0.39 is 9.84 Å². The summed E-state index contributed by atoms with van der Waals surface area (Å²) in [5.74, 6) is 1.43. The lowest BCUT2D eigenvalue weighted by atomic mass is 10.2. The Morgan fingerprint density at radius 2 is 2.05 bits per heavy atom. The van der Waals surface area contributed by atoms with Crippen molar-refractivity contribution in [1.82, 2.24) is 0 Å². The van der Waals surface area contributed by atoms with Crippen LogP contribution < -0.4 is 0 Å². The summed E-state index contributed by atoms with van der Waals surface area (Å²) in [5.41, 5.74) is 2.55. The van der Waals surface area contributed by atoms with Crippen molar-refractivity contribution < 1.29 is 8.42 Å². The second-order valence-electron chi connectivity index (χ2n) is 4.97. The number of aryl methyl sites for hydroxylation is 1. The predicted molar refractivity (Wildman–Crippen MR) is 83.7 cm³/mol. The van der Waals surface area contributed by atoms with E-state index in [2.05, 4.69) is 36.2 Å². The van der Waals surface area contributed by atoms with Crippen LogP contribution in [0.1, 0.15) is 11.1 Å². The molecule has 1 aromatic carbocycles. The maximum absolute atomic E-state index is 11.5. The van der Waals surface area contributed by atoms with Gasteiger partial charge in [-0.3, -0.25) is 4.99 Å². The number of aliphatic imine (C=N–C) groups is 1. The minimum atomic E-state index is -2.84. The number of fused-ring (bicyclic) bond motifs is 1. The molecule has 0 aromatic heterocycles. The Morgan fingerprint density at radius 3 is 2.74 bits per heavy atom. The van der Waals surface area contributed by atoms with Gasteiger partial charge >= 0.3 is 0 Å². The van der Waals surface area contributed by atoms with E-state index in [0.717, 1.165) is 10.1 Å². The van der Waals surface area contributed by atoms with Gasteiger partial charge in [-0.05, 0) is 12.5 Å². The Bertz CT molecular complexity index is 607. The van der Waals surface area contributed by atoms with Crippen LogP contribution in [0.2, 0.25) is 0 Å². The molecule has 0 spiro atoms. The molecule has 2 heterocycles. The van der Waals surface area contributed by atoms with E-state index >= 15 is 0 Å². The number of sulfone groups is 1. The minimum absolute atomic E-state index is 0.00415. The van der Waals surface area contributed by atoms with Crippen LogP contribution in [0, 0.1) is 6.92 Å². The fourth-order valence-corrected chi connectivity index (χ4v) is 7.21. The van der Waals surface area contributed by atoms with Crippen molar-refractivity contribution in [2.45, 2.75) is 24.0 Å². The molecule has 0 amide bonds. The largest absolute Gasteiger partial charge is 0.266 e. The first-order valence-electron chi connectivity index (χ1n) is 6.15. The van der Waals surface area contributed by atoms with Crippen molar-refractivity contribution in [2.24, 2.45) is 4.99 Å². The van der Waals surface area contributed by atoms with Crippen molar-refractivity contribution in [2.75, 3.05) is 11.5 Å². The summed E-state index contributed by atoms with van der Waals surface area (Å²) in [6.07, 6.45) is 0. The molecule has 102 valence electrons. The monoisotopic (exact) mass is 313 g/mol. The zero-order valence-corrected chi connectivity index (χ0v) is 13.0. The topological polar surface area (TPSA) is 46.5 Å². The molecule has 0 saturated carbocycles. The molecule has 0 aliphatic carbocycles. The molecule has 1 saturated heterocycles. The van der Waals surface area contributed by atoms with Crippen LogP contribution in [0.4, 0.5) is 0 Å². The second kappa shape index (κ2) is 5.14. The van der Waals surface area contributed by atoms with Crippen LogP contribution in [0.3, 0.4) is 0 Å². The Morgan fingerprint density at radius 1 is 1.32 bits per heavy atom. The number of hydrogen-bond donors (Lipinski definition) is 0. The zero-order chi connectivity index (χ0) is 13.5. The third-order valence-electron chi connectivity index (χ3n) is 3.28. The van der Waals surface area contributed by atoms with Crippen LogP contribution in [0.25, 0.3) is 0 Å². The van der Waals surface area contributed by atoms with E-state index in [4.69, 9.17) is 0 Å². The van der Waals surface area contributed by atoms with Crippen molar-refractivity contribution >= 4 is 37.7 Å². The highest BCUT2D eigenvalue weighted by molar-refractivity contribution is 8.39. The highest BCUT2D eigenvalue weighted by Gasteiger charge is 2.42. The molecule has 0 unspecified atom stereocenters. The third kappa shape index (κ3) is 3.17. The SMILES string of the molecule is Cc1ccc(CSC2=N[C@H]3CS(=O)(=O)C[C@@H]3S2)cc1. The lowest BCUT2D eigenvalue weighted by Gasteiger charge is -2.03. The smallest absolute Gasteiger partial charge is 0.153 e. The molecule has 0 bridgehead atoms. The average molecular weight is 313 g/mol. The molecular weight excluding hydrogens is 298 g/mol. The predicted octanol–water partition coefficient (Wildman–Crippen LogP) is 2.50. The summed E-state index contributed by atoms with van der Waals surface area (Å²) in [6.45, 7) is 2.08. The number of rotatable bonds is 2. The Labute approximate surface area is 122 Å². The van der Waals surface area contributed by atoms with E-state index in [9.17, 15) is 8.42 Å². The number of hydrogen-bond acceptors (Lipinski definition) is 5. The summed E-state index contributed by atoms with van der Waals surface area (Å²) in [7, 11) is -2.84. The van der Waals surface area contributed by atoms with E-state index in [1.807, 2.05) is 0 Å². The molecule has 3 nitrogen and oxygen atoms in total. The number of nitrogens with zero attached hydrogens (tertiary/aromatic N) is 1. The van der Waals surface area contributed by atoms with Gasteiger partial charge in [0.2, 0.25) is 0 Å². The summed E-state index contributed by atoms with van der Waals surface area (Å²) in [5, 5.41) is 0.158. The Balaban J connectivity index is 1.59. The van der Waals surface area contributed by atoms with Crippen molar-refractivity contribution in [3.8, 4) is 0 Å². The molecule has 0 radical (unpaired) electrons. The van der Waals surface area contributed by atoms with Gasteiger partial charge in [0, 0.05) is 11.0 Å². The van der Waals surface area contributed by atoms with Gasteiger partial charge in [-0.15, -0.1) is 0 Å². The Kier molecular flexibility index (Phi) is 3.66. The van der Waals surface area contributed by atoms with Gasteiger partial charge in [-0.2, -0.15) is 0 Å². The summed E-state index contributed by atoms with van der Waals surface area (Å²) in [4.78, 5) is 4.54. The van der Waals surface area contributed by atoms with Crippen molar-refractivity contribution in [3.05, 3.63) is 35.4 Å². The van der Waals surface area contributed by atoms with E-state index in [0.29, 0.717) is 5.75 Å². The molecule has 19 heavy (non-hydrogen) atoms. The normalized spacial score (nSPS) is 28.2. The van der Waals surface area contributed by atoms with E-state index in [1.54, 1.807) is 23.5 Å². The quantitative estimate of drug-likeness (QED) is 0.841. The molecular formula is C13H15NO2S3. The van der Waals surface area contributed by atoms with Gasteiger partial charge in [0.1, 0.15) is 4.38 Å². The standard InChI is InChI=1S/C13H15NO2S3/c1-9-2-4-10(5-3-9)6-17-13-14-11-7-19(15,16)8-12(11)18-13/h2-5,11-12H,6-8H2,1H3/t11-,12-/m0/s1. The molecule has 3 rings (SSSR count). The lowest BCUT2D eigenvalue weighted by Crippen LogP contribution is -2.12. The van der Waals surface area contributed by atoms with E-state index in [1.165, 1.54) is 11.1 Å². The lowest BCUT2D eigenvalue weighted by molar-refractivity contribution is 0.601. The zero-order valence-electron chi connectivity index (χ0n) is 10.6. The average Bonchev–Trinajstić information content (AvgIpc) is 2.81. The molecule has 0 N–H and O–H groups in total. The number of benzene rings is 1. The van der Waals surface area contributed by atoms with Crippen LogP contribution in [0.5, 0.6) is 0 Å². The maximum Gasteiger partial charge on any atom is 0.153 e. The van der Waals surface area contributed by atoms with Crippen molar-refractivity contribution in [1.29, 1.82) is 0 Å². The van der Waals surface area contributed by atoms with Gasteiger partial charge in [-0.25, -0.2) is 8.42 Å². The van der Waals surface area contributed by atoms with Crippen LogP contribution >= 0.6 is 23.5 Å². The highest BCUT2D eigenvalue weighted by Crippen LogP contribution is 2.38. The molecule has 2 aliphatic rings. The third-order valence-corrected chi connectivity index (χ3v) is 7.77. The fraction of sp³-hybridized carbons (Fsp3) is 0.462. The van der Waals surface area contributed by atoms with Gasteiger partial charge in [0.05, 0.1) is 17.5 Å². The molecule has 2 atom stereocenters. The van der Waals surface area contributed by atoms with Crippen LogP contribution in [0.15, 0.2) is 29.3 Å². The second-order valence-corrected chi connectivity index (χ2v) is 9.57.